The molecular weight excluding hydrogens is 252 g/mol. The molecule has 0 fully saturated rings. The molecule has 1 aromatic carbocycles. The molecule has 1 aromatic heterocycles. The van der Waals surface area contributed by atoms with Crippen LogP contribution in [0.4, 0.5) is 0 Å². The monoisotopic (exact) mass is 272 g/mol. The normalized spacial score (nSPS) is 12.0. The fourth-order valence-electron chi connectivity index (χ4n) is 2.25. The van der Waals surface area contributed by atoms with Gasteiger partial charge in [-0.25, -0.2) is 0 Å². The first-order chi connectivity index (χ1) is 9.67. The second-order valence-electron chi connectivity index (χ2n) is 4.66. The van der Waals surface area contributed by atoms with Crippen LogP contribution in [-0.2, 0) is 6.42 Å². The molecule has 0 aliphatic heterocycles. The van der Waals surface area contributed by atoms with Gasteiger partial charge in [-0.05, 0) is 24.6 Å². The predicted molar refractivity (Wildman–Crippen MR) is 79.2 cm³/mol. The van der Waals surface area contributed by atoms with Crippen molar-refractivity contribution < 1.29 is 9.47 Å². The summed E-state index contributed by atoms with van der Waals surface area (Å²) in [7, 11) is 3.25. The van der Waals surface area contributed by atoms with Crippen LogP contribution < -0.4 is 15.2 Å². The van der Waals surface area contributed by atoms with Crippen molar-refractivity contribution in [2.24, 2.45) is 5.73 Å². The first kappa shape index (κ1) is 14.3. The van der Waals surface area contributed by atoms with E-state index in [1.165, 1.54) is 0 Å². The molecule has 1 unspecified atom stereocenters. The van der Waals surface area contributed by atoms with E-state index in [1.807, 2.05) is 37.3 Å². The molecule has 2 N–H and O–H groups in total. The molecule has 0 saturated heterocycles. The number of ether oxygens (including phenoxy) is 2. The molecule has 0 spiro atoms. The van der Waals surface area contributed by atoms with Gasteiger partial charge in [0, 0.05) is 29.9 Å². The number of benzene rings is 1. The Morgan fingerprint density at radius 3 is 2.60 bits per heavy atom. The van der Waals surface area contributed by atoms with Crippen molar-refractivity contribution in [2.45, 2.75) is 19.4 Å². The zero-order valence-electron chi connectivity index (χ0n) is 12.1. The molecule has 0 amide bonds. The molecule has 0 bridgehead atoms. The summed E-state index contributed by atoms with van der Waals surface area (Å²) in [4.78, 5) is 4.39. The van der Waals surface area contributed by atoms with Gasteiger partial charge in [0.1, 0.15) is 0 Å². The summed E-state index contributed by atoms with van der Waals surface area (Å²) < 4.78 is 10.7. The highest BCUT2D eigenvalue weighted by Gasteiger charge is 2.17. The van der Waals surface area contributed by atoms with Gasteiger partial charge in [-0.3, -0.25) is 4.98 Å². The highest BCUT2D eigenvalue weighted by Crippen LogP contribution is 2.34. The number of para-hydroxylation sites is 1. The third-order valence-electron chi connectivity index (χ3n) is 3.36. The van der Waals surface area contributed by atoms with Gasteiger partial charge in [-0.2, -0.15) is 0 Å². The van der Waals surface area contributed by atoms with Crippen LogP contribution >= 0.6 is 0 Å². The van der Waals surface area contributed by atoms with Crippen molar-refractivity contribution in [1.82, 2.24) is 4.98 Å². The minimum atomic E-state index is -0.186. The van der Waals surface area contributed by atoms with Crippen LogP contribution in [0.5, 0.6) is 11.5 Å². The molecular formula is C16H20N2O2. The van der Waals surface area contributed by atoms with Crippen LogP contribution in [0.15, 0.2) is 36.5 Å². The van der Waals surface area contributed by atoms with Crippen LogP contribution in [0.25, 0.3) is 0 Å². The van der Waals surface area contributed by atoms with Gasteiger partial charge in [0.2, 0.25) is 0 Å². The van der Waals surface area contributed by atoms with Crippen molar-refractivity contribution in [2.75, 3.05) is 14.2 Å². The average Bonchev–Trinajstić information content (AvgIpc) is 2.48. The molecule has 2 aromatic rings. The Bertz CT molecular complexity index is 584. The van der Waals surface area contributed by atoms with E-state index in [0.29, 0.717) is 17.9 Å². The number of rotatable bonds is 5. The van der Waals surface area contributed by atoms with Gasteiger partial charge in [-0.1, -0.05) is 18.2 Å². The lowest BCUT2D eigenvalue weighted by Crippen LogP contribution is -2.16. The van der Waals surface area contributed by atoms with E-state index >= 15 is 0 Å². The minimum absolute atomic E-state index is 0.186. The summed E-state index contributed by atoms with van der Waals surface area (Å²) in [6.45, 7) is 2.04. The van der Waals surface area contributed by atoms with Gasteiger partial charge >= 0.3 is 0 Å². The zero-order chi connectivity index (χ0) is 14.5. The number of pyridine rings is 1. The van der Waals surface area contributed by atoms with Gasteiger partial charge in [0.25, 0.3) is 0 Å². The highest BCUT2D eigenvalue weighted by atomic mass is 16.5. The van der Waals surface area contributed by atoms with Crippen LogP contribution in [-0.4, -0.2) is 19.2 Å². The average molecular weight is 272 g/mol. The van der Waals surface area contributed by atoms with Gasteiger partial charge < -0.3 is 15.2 Å². The van der Waals surface area contributed by atoms with Crippen molar-refractivity contribution in [3.05, 3.63) is 53.3 Å². The van der Waals surface area contributed by atoms with E-state index in [-0.39, 0.29) is 6.04 Å². The summed E-state index contributed by atoms with van der Waals surface area (Å²) in [6.07, 6.45) is 2.45. The van der Waals surface area contributed by atoms with Crippen LogP contribution in [0.3, 0.4) is 0 Å². The van der Waals surface area contributed by atoms with E-state index in [1.54, 1.807) is 20.4 Å². The molecule has 0 aliphatic carbocycles. The first-order valence-electron chi connectivity index (χ1n) is 6.54. The van der Waals surface area contributed by atoms with E-state index in [0.717, 1.165) is 16.8 Å². The Morgan fingerprint density at radius 1 is 1.15 bits per heavy atom. The number of nitrogens with zero attached hydrogens (tertiary/aromatic N) is 1. The van der Waals surface area contributed by atoms with Crippen LogP contribution in [0.1, 0.15) is 22.9 Å². The van der Waals surface area contributed by atoms with Crippen LogP contribution in [0, 0.1) is 6.92 Å². The maximum absolute atomic E-state index is 6.32. The maximum Gasteiger partial charge on any atom is 0.165 e. The smallest absolute Gasteiger partial charge is 0.165 e. The number of hydrogen-bond acceptors (Lipinski definition) is 4. The lowest BCUT2D eigenvalue weighted by Gasteiger charge is -2.18. The zero-order valence-corrected chi connectivity index (χ0v) is 12.1. The van der Waals surface area contributed by atoms with E-state index in [2.05, 4.69) is 4.98 Å². The largest absolute Gasteiger partial charge is 0.493 e. The van der Waals surface area contributed by atoms with Gasteiger partial charge in [0.05, 0.1) is 14.2 Å². The topological polar surface area (TPSA) is 57.4 Å². The Balaban J connectivity index is 2.30. The second kappa shape index (κ2) is 6.39. The molecule has 4 nitrogen and oxygen atoms in total. The quantitative estimate of drug-likeness (QED) is 0.909. The molecule has 4 heteroatoms. The van der Waals surface area contributed by atoms with Gasteiger partial charge in [0.15, 0.2) is 11.5 Å². The number of aromatic nitrogens is 1. The molecule has 0 aliphatic rings. The third-order valence-corrected chi connectivity index (χ3v) is 3.36. The molecule has 20 heavy (non-hydrogen) atoms. The van der Waals surface area contributed by atoms with Crippen LogP contribution in [0.2, 0.25) is 0 Å². The number of methoxy groups -OCH3 is 2. The molecule has 106 valence electrons. The second-order valence-corrected chi connectivity index (χ2v) is 4.66. The summed E-state index contributed by atoms with van der Waals surface area (Å²) in [5.41, 5.74) is 9.40. The molecule has 1 heterocycles. The molecule has 1 atom stereocenters. The summed E-state index contributed by atoms with van der Waals surface area (Å²) in [5.74, 6) is 1.38. The maximum atomic E-state index is 6.32. The summed E-state index contributed by atoms with van der Waals surface area (Å²) >= 11 is 0. The molecule has 0 saturated carbocycles. The Labute approximate surface area is 119 Å². The van der Waals surface area contributed by atoms with E-state index in [9.17, 15) is 0 Å². The third kappa shape index (κ3) is 2.91. The Hall–Kier alpha value is -2.07. The number of nitrogens with two attached hydrogens (primary N) is 1. The SMILES string of the molecule is COc1cccc(C(N)Cc2ncccc2C)c1OC. The lowest BCUT2D eigenvalue weighted by atomic mass is 9.99. The highest BCUT2D eigenvalue weighted by molar-refractivity contribution is 5.48. The summed E-state index contributed by atoms with van der Waals surface area (Å²) in [6, 6.07) is 9.52. The summed E-state index contributed by atoms with van der Waals surface area (Å²) in [5, 5.41) is 0. The molecule has 2 rings (SSSR count). The van der Waals surface area contributed by atoms with E-state index in [4.69, 9.17) is 15.2 Å². The standard InChI is InChI=1S/C16H20N2O2/c1-11-6-5-9-18-14(11)10-13(17)12-7-4-8-15(19-2)16(12)20-3/h4-9,13H,10,17H2,1-3H3. The predicted octanol–water partition coefficient (Wildman–Crippen LogP) is 2.65. The van der Waals surface area contributed by atoms with Crippen molar-refractivity contribution in [1.29, 1.82) is 0 Å². The Kier molecular flexibility index (Phi) is 4.58. The fraction of sp³-hybridized carbons (Fsp3) is 0.312. The van der Waals surface area contributed by atoms with Crippen molar-refractivity contribution in [3.63, 3.8) is 0 Å². The van der Waals surface area contributed by atoms with Crippen molar-refractivity contribution in [3.8, 4) is 11.5 Å². The number of aryl methyl sites for hydroxylation is 1. The first-order valence-corrected chi connectivity index (χ1v) is 6.54. The minimum Gasteiger partial charge on any atom is -0.493 e. The lowest BCUT2D eigenvalue weighted by molar-refractivity contribution is 0.349. The molecule has 0 radical (unpaired) electrons. The number of hydrogen-bond donors (Lipinski definition) is 1. The fourth-order valence-corrected chi connectivity index (χ4v) is 2.25. The van der Waals surface area contributed by atoms with E-state index < -0.39 is 0 Å². The van der Waals surface area contributed by atoms with Crippen molar-refractivity contribution >= 4 is 0 Å². The Morgan fingerprint density at radius 2 is 1.95 bits per heavy atom. The van der Waals surface area contributed by atoms with Gasteiger partial charge in [-0.15, -0.1) is 0 Å².